The zero-order valence-electron chi connectivity index (χ0n) is 15.3. The predicted molar refractivity (Wildman–Crippen MR) is 106 cm³/mol. The number of benzene rings is 1. The fourth-order valence-corrected chi connectivity index (χ4v) is 4.49. The number of fused-ring (bicyclic) bond motifs is 1. The van der Waals surface area contributed by atoms with E-state index in [2.05, 4.69) is 4.98 Å². The van der Waals surface area contributed by atoms with Gasteiger partial charge in [0, 0.05) is 11.8 Å². The molecule has 0 radical (unpaired) electrons. The number of para-hydroxylation sites is 1. The van der Waals surface area contributed by atoms with Gasteiger partial charge in [-0.3, -0.25) is 14.2 Å². The fraction of sp³-hybridized carbons (Fsp3) is 0.450. The van der Waals surface area contributed by atoms with Gasteiger partial charge < -0.3 is 5.41 Å². The van der Waals surface area contributed by atoms with Gasteiger partial charge in [-0.1, -0.05) is 43.2 Å². The van der Waals surface area contributed by atoms with Gasteiger partial charge in [0.05, 0.1) is 22.7 Å². The van der Waals surface area contributed by atoms with Crippen LogP contribution in [-0.4, -0.2) is 26.8 Å². The molecule has 1 saturated carbocycles. The molecule has 0 bridgehead atoms. The summed E-state index contributed by atoms with van der Waals surface area (Å²) in [6.07, 6.45) is 5.20. The van der Waals surface area contributed by atoms with Gasteiger partial charge in [-0.2, -0.15) is 5.26 Å². The smallest absolute Gasteiger partial charge is 0.262 e. The Morgan fingerprint density at radius 2 is 2.07 bits per heavy atom. The Balaban J connectivity index is 1.97. The van der Waals surface area contributed by atoms with E-state index in [1.807, 2.05) is 18.2 Å². The minimum atomic E-state index is -1.03. The zero-order valence-corrected chi connectivity index (χ0v) is 16.1. The summed E-state index contributed by atoms with van der Waals surface area (Å²) in [5, 5.41) is 17.8. The van der Waals surface area contributed by atoms with Crippen LogP contribution in [0.15, 0.2) is 34.2 Å². The second-order valence-electron chi connectivity index (χ2n) is 6.88. The minimum absolute atomic E-state index is 0.0198. The Morgan fingerprint density at radius 1 is 1.37 bits per heavy atom. The highest BCUT2D eigenvalue weighted by molar-refractivity contribution is 7.99. The number of aromatic nitrogens is 2. The number of carbonyl (C=O) groups is 1. The van der Waals surface area contributed by atoms with Crippen molar-refractivity contribution in [2.75, 3.05) is 5.75 Å². The van der Waals surface area contributed by atoms with Crippen molar-refractivity contribution in [2.45, 2.75) is 50.2 Å². The van der Waals surface area contributed by atoms with E-state index < -0.39 is 5.92 Å². The van der Waals surface area contributed by atoms with Gasteiger partial charge >= 0.3 is 0 Å². The number of nitrogens with zero attached hydrogens (tertiary/aromatic N) is 3. The molecule has 6 nitrogen and oxygen atoms in total. The molecule has 0 aliphatic heterocycles. The second-order valence-corrected chi connectivity index (χ2v) is 7.82. The summed E-state index contributed by atoms with van der Waals surface area (Å²) in [4.78, 5) is 30.1. The van der Waals surface area contributed by atoms with Gasteiger partial charge in [0.1, 0.15) is 5.92 Å². The summed E-state index contributed by atoms with van der Waals surface area (Å²) >= 11 is 1.19. The Hall–Kier alpha value is -2.46. The highest BCUT2D eigenvalue weighted by Gasteiger charge is 2.24. The largest absolute Gasteiger partial charge is 0.308 e. The molecule has 0 spiro atoms. The average molecular weight is 382 g/mol. The number of hydrogen-bond acceptors (Lipinski definition) is 6. The summed E-state index contributed by atoms with van der Waals surface area (Å²) in [7, 11) is 0. The molecule has 1 N–H and O–H groups in total. The van der Waals surface area contributed by atoms with E-state index in [0.29, 0.717) is 16.1 Å². The Kier molecular flexibility index (Phi) is 6.07. The molecule has 1 unspecified atom stereocenters. The number of carbonyl (C=O) groups excluding carboxylic acids is 1. The summed E-state index contributed by atoms with van der Waals surface area (Å²) < 4.78 is 1.75. The van der Waals surface area contributed by atoms with Crippen LogP contribution in [0.1, 0.15) is 45.1 Å². The average Bonchev–Trinajstić information content (AvgIpc) is 2.67. The third-order valence-electron chi connectivity index (χ3n) is 4.94. The highest BCUT2D eigenvalue weighted by atomic mass is 32.2. The molecule has 1 aromatic heterocycles. The van der Waals surface area contributed by atoms with Crippen molar-refractivity contribution in [1.82, 2.24) is 9.55 Å². The third kappa shape index (κ3) is 4.11. The predicted octanol–water partition coefficient (Wildman–Crippen LogP) is 3.74. The maximum absolute atomic E-state index is 13.1. The lowest BCUT2D eigenvalue weighted by molar-refractivity contribution is -0.117. The van der Waals surface area contributed by atoms with Crippen molar-refractivity contribution in [3.05, 3.63) is 34.6 Å². The first-order valence-electron chi connectivity index (χ1n) is 9.14. The molecular formula is C20H22N4O2S. The first-order chi connectivity index (χ1) is 13.0. The minimum Gasteiger partial charge on any atom is -0.308 e. The van der Waals surface area contributed by atoms with Crippen LogP contribution in [0.5, 0.6) is 0 Å². The lowest BCUT2D eigenvalue weighted by Gasteiger charge is -2.26. The van der Waals surface area contributed by atoms with Crippen LogP contribution in [0.25, 0.3) is 10.9 Å². The molecule has 0 saturated heterocycles. The standard InChI is InChI=1S/C20H22N4O2S/c1-13(22)16(11-21)18(25)12-27-20-23-17-10-6-5-9-15(17)19(26)24(20)14-7-3-2-4-8-14/h5-6,9-10,14,16,22H,2-4,7-8,12H2,1H3. The van der Waals surface area contributed by atoms with Crippen molar-refractivity contribution in [2.24, 2.45) is 5.92 Å². The molecule has 7 heteroatoms. The molecule has 1 fully saturated rings. The lowest BCUT2D eigenvalue weighted by Crippen LogP contribution is -2.29. The second kappa shape index (κ2) is 8.49. The molecule has 1 atom stereocenters. The lowest BCUT2D eigenvalue weighted by atomic mass is 9.95. The monoisotopic (exact) mass is 382 g/mol. The number of nitriles is 1. The van der Waals surface area contributed by atoms with Crippen molar-refractivity contribution < 1.29 is 4.79 Å². The van der Waals surface area contributed by atoms with E-state index in [-0.39, 0.29) is 28.8 Å². The fourth-order valence-electron chi connectivity index (χ4n) is 3.52. The van der Waals surface area contributed by atoms with E-state index in [1.54, 1.807) is 16.7 Å². The van der Waals surface area contributed by atoms with E-state index in [9.17, 15) is 9.59 Å². The van der Waals surface area contributed by atoms with Gasteiger partial charge in [0.2, 0.25) is 0 Å². The molecule has 3 rings (SSSR count). The van der Waals surface area contributed by atoms with Gasteiger partial charge in [0.15, 0.2) is 10.9 Å². The van der Waals surface area contributed by atoms with E-state index in [0.717, 1.165) is 25.7 Å². The van der Waals surface area contributed by atoms with E-state index >= 15 is 0 Å². The van der Waals surface area contributed by atoms with Crippen LogP contribution in [-0.2, 0) is 4.79 Å². The number of nitrogens with one attached hydrogen (secondary N) is 1. The quantitative estimate of drug-likeness (QED) is 0.466. The van der Waals surface area contributed by atoms with Crippen LogP contribution in [0.3, 0.4) is 0 Å². The van der Waals surface area contributed by atoms with Crippen LogP contribution < -0.4 is 5.56 Å². The highest BCUT2D eigenvalue weighted by Crippen LogP contribution is 2.31. The topological polar surface area (TPSA) is 99.6 Å². The molecule has 27 heavy (non-hydrogen) atoms. The van der Waals surface area contributed by atoms with Crippen LogP contribution in [0, 0.1) is 22.7 Å². The Morgan fingerprint density at radius 3 is 2.74 bits per heavy atom. The van der Waals surface area contributed by atoms with Crippen molar-refractivity contribution >= 4 is 34.2 Å². The van der Waals surface area contributed by atoms with Crippen LogP contribution >= 0.6 is 11.8 Å². The Bertz CT molecular complexity index is 970. The zero-order chi connectivity index (χ0) is 19.4. The van der Waals surface area contributed by atoms with E-state index in [4.69, 9.17) is 10.7 Å². The maximum Gasteiger partial charge on any atom is 0.262 e. The van der Waals surface area contributed by atoms with Crippen molar-refractivity contribution in [1.29, 1.82) is 10.7 Å². The van der Waals surface area contributed by atoms with Crippen molar-refractivity contribution in [3.63, 3.8) is 0 Å². The SMILES string of the molecule is CC(=N)C(C#N)C(=O)CSc1nc2ccccc2c(=O)n1C1CCCCC1. The van der Waals surface area contributed by atoms with Crippen molar-refractivity contribution in [3.8, 4) is 6.07 Å². The van der Waals surface area contributed by atoms with Gasteiger partial charge in [0.25, 0.3) is 5.56 Å². The third-order valence-corrected chi connectivity index (χ3v) is 5.92. The summed E-state index contributed by atoms with van der Waals surface area (Å²) in [5.41, 5.74) is 0.589. The normalized spacial score (nSPS) is 16.0. The molecule has 0 amide bonds. The summed E-state index contributed by atoms with van der Waals surface area (Å²) in [6, 6.07) is 9.23. The van der Waals surface area contributed by atoms with Crippen LogP contribution in [0.2, 0.25) is 0 Å². The Labute approximate surface area is 162 Å². The first-order valence-corrected chi connectivity index (χ1v) is 10.1. The molecular weight excluding hydrogens is 360 g/mol. The number of hydrogen-bond donors (Lipinski definition) is 1. The van der Waals surface area contributed by atoms with Crippen LogP contribution in [0.4, 0.5) is 0 Å². The number of Topliss-reactive ketones (excluding diaryl/α,β-unsaturated/α-hetero) is 1. The van der Waals surface area contributed by atoms with Gasteiger partial charge in [-0.15, -0.1) is 0 Å². The maximum atomic E-state index is 13.1. The number of ketones is 1. The number of thioether (sulfide) groups is 1. The molecule has 1 heterocycles. The molecule has 2 aromatic rings. The molecule has 140 valence electrons. The van der Waals surface area contributed by atoms with Gasteiger partial charge in [-0.25, -0.2) is 4.98 Å². The van der Waals surface area contributed by atoms with E-state index in [1.165, 1.54) is 25.1 Å². The van der Waals surface area contributed by atoms with Gasteiger partial charge in [-0.05, 0) is 31.9 Å². The molecule has 1 aliphatic rings. The molecule has 1 aromatic carbocycles. The molecule has 1 aliphatic carbocycles. The number of rotatable bonds is 6. The summed E-state index contributed by atoms with van der Waals surface area (Å²) in [6.45, 7) is 1.46. The first kappa shape index (κ1) is 19.3. The summed E-state index contributed by atoms with van der Waals surface area (Å²) in [5.74, 6) is -1.34.